The molecule has 4 atom stereocenters. The molecule has 0 unspecified atom stereocenters. The fourth-order valence-electron chi connectivity index (χ4n) is 1.77. The highest BCUT2D eigenvalue weighted by Crippen LogP contribution is 2.22. The second-order valence-electron chi connectivity index (χ2n) is 4.09. The van der Waals surface area contributed by atoms with Crippen molar-refractivity contribution in [1.29, 1.82) is 0 Å². The molecule has 8 nitrogen and oxygen atoms in total. The van der Waals surface area contributed by atoms with Crippen LogP contribution >= 0.6 is 0 Å². The largest absolute Gasteiger partial charge is 0.456 e. The molecule has 1 saturated heterocycles. The molecular weight excluding hydrogens is 258 g/mol. The lowest BCUT2D eigenvalue weighted by molar-refractivity contribution is -0.224. The number of carbonyl (C=O) groups excluding carboxylic acids is 3. The maximum atomic E-state index is 11.1. The normalized spacial score (nSPS) is 30.3. The fraction of sp³-hybridized carbons (Fsp3) is 0.727. The minimum Gasteiger partial charge on any atom is -0.456 e. The Balaban J connectivity index is 2.89. The molecule has 1 aliphatic heterocycles. The van der Waals surface area contributed by atoms with Crippen LogP contribution in [0.25, 0.3) is 0 Å². The molecule has 1 rings (SSSR count). The summed E-state index contributed by atoms with van der Waals surface area (Å²) in [4.78, 5) is 33.1. The van der Waals surface area contributed by atoms with Crippen molar-refractivity contribution >= 4 is 17.9 Å². The third-order valence-corrected chi connectivity index (χ3v) is 2.39. The lowest BCUT2D eigenvalue weighted by atomic mass is 10.0. The quantitative estimate of drug-likeness (QED) is 0.520. The van der Waals surface area contributed by atoms with Crippen molar-refractivity contribution < 1.29 is 33.3 Å². The average Bonchev–Trinajstić information content (AvgIpc) is 2.25. The van der Waals surface area contributed by atoms with Crippen molar-refractivity contribution in [3.8, 4) is 0 Å². The Labute approximate surface area is 110 Å². The van der Waals surface area contributed by atoms with E-state index in [0.717, 1.165) is 0 Å². The van der Waals surface area contributed by atoms with Crippen LogP contribution in [0.5, 0.6) is 0 Å². The Hall–Kier alpha value is -1.67. The van der Waals surface area contributed by atoms with E-state index >= 15 is 0 Å². The summed E-state index contributed by atoms with van der Waals surface area (Å²) in [6, 6.07) is 0. The summed E-state index contributed by atoms with van der Waals surface area (Å²) in [5.74, 6) is -1.78. The van der Waals surface area contributed by atoms with Crippen LogP contribution in [0.15, 0.2) is 0 Å². The van der Waals surface area contributed by atoms with Crippen LogP contribution in [0.4, 0.5) is 0 Å². The van der Waals surface area contributed by atoms with E-state index in [4.69, 9.17) is 24.7 Å². The molecule has 0 bridgehead atoms. The molecule has 19 heavy (non-hydrogen) atoms. The van der Waals surface area contributed by atoms with Crippen LogP contribution in [0.2, 0.25) is 0 Å². The maximum Gasteiger partial charge on any atom is 0.303 e. The van der Waals surface area contributed by atoms with Gasteiger partial charge in [0.2, 0.25) is 0 Å². The topological polar surface area (TPSA) is 114 Å². The van der Waals surface area contributed by atoms with Crippen molar-refractivity contribution in [2.24, 2.45) is 5.73 Å². The van der Waals surface area contributed by atoms with Gasteiger partial charge in [-0.25, -0.2) is 0 Å². The lowest BCUT2D eigenvalue weighted by Crippen LogP contribution is -2.60. The van der Waals surface area contributed by atoms with E-state index in [1.807, 2.05) is 0 Å². The lowest BCUT2D eigenvalue weighted by Gasteiger charge is -2.38. The molecule has 0 aromatic carbocycles. The van der Waals surface area contributed by atoms with Crippen LogP contribution in [-0.4, -0.2) is 49.1 Å². The Morgan fingerprint density at radius 1 is 0.947 bits per heavy atom. The molecule has 8 heteroatoms. The minimum absolute atomic E-state index is 0.0452. The number of rotatable bonds is 3. The summed E-state index contributed by atoms with van der Waals surface area (Å²) >= 11 is 0. The van der Waals surface area contributed by atoms with E-state index in [2.05, 4.69) is 0 Å². The first kappa shape index (κ1) is 15.4. The maximum absolute atomic E-state index is 11.1. The third kappa shape index (κ3) is 4.49. The first-order valence-corrected chi connectivity index (χ1v) is 5.70. The summed E-state index contributed by atoms with van der Waals surface area (Å²) in [5.41, 5.74) is 5.66. The first-order chi connectivity index (χ1) is 8.81. The monoisotopic (exact) mass is 275 g/mol. The fourth-order valence-corrected chi connectivity index (χ4v) is 1.77. The van der Waals surface area contributed by atoms with Gasteiger partial charge in [-0.1, -0.05) is 0 Å². The highest BCUT2D eigenvalue weighted by molar-refractivity contribution is 5.68. The van der Waals surface area contributed by atoms with Crippen LogP contribution in [-0.2, 0) is 33.3 Å². The second-order valence-corrected chi connectivity index (χ2v) is 4.09. The van der Waals surface area contributed by atoms with Crippen LogP contribution in [0.3, 0.4) is 0 Å². The van der Waals surface area contributed by atoms with E-state index in [9.17, 15) is 14.4 Å². The Morgan fingerprint density at radius 3 is 1.89 bits per heavy atom. The molecule has 0 amide bonds. The molecule has 0 radical (unpaired) electrons. The van der Waals surface area contributed by atoms with Crippen molar-refractivity contribution in [2.75, 3.05) is 6.61 Å². The van der Waals surface area contributed by atoms with Crippen LogP contribution in [0.1, 0.15) is 20.8 Å². The molecule has 1 fully saturated rings. The number of nitrogens with two attached hydrogens (primary N) is 1. The molecule has 1 aliphatic rings. The Kier molecular flexibility index (Phi) is 5.25. The van der Waals surface area contributed by atoms with E-state index in [0.29, 0.717) is 0 Å². The predicted molar refractivity (Wildman–Crippen MR) is 60.6 cm³/mol. The SMILES string of the molecule is CC(=O)O[C@@H]1[C@@H](OC(C)=O)[C@@H](OC(C)=O)CO[C@H]1N. The van der Waals surface area contributed by atoms with E-state index in [1.165, 1.54) is 20.8 Å². The summed E-state index contributed by atoms with van der Waals surface area (Å²) in [6.07, 6.45) is -3.85. The molecule has 1 heterocycles. The predicted octanol–water partition coefficient (Wildman–Crippen LogP) is -0.903. The van der Waals surface area contributed by atoms with Crippen LogP contribution < -0.4 is 5.73 Å². The zero-order valence-corrected chi connectivity index (χ0v) is 11.0. The number of ether oxygens (including phenoxy) is 4. The molecule has 108 valence electrons. The summed E-state index contributed by atoms with van der Waals surface area (Å²) in [7, 11) is 0. The standard InChI is InChI=1S/C11H17NO7/c1-5(13)17-8-4-16-11(12)10(19-7(3)15)9(8)18-6(2)14/h8-11H,4,12H2,1-3H3/t8-,9-,10+,11+/m0/s1. The van der Waals surface area contributed by atoms with Gasteiger partial charge in [0.1, 0.15) is 6.23 Å². The van der Waals surface area contributed by atoms with Gasteiger partial charge in [0, 0.05) is 20.8 Å². The molecular formula is C11H17NO7. The number of esters is 3. The van der Waals surface area contributed by atoms with Gasteiger partial charge < -0.3 is 24.7 Å². The van der Waals surface area contributed by atoms with Gasteiger partial charge in [-0.15, -0.1) is 0 Å². The van der Waals surface area contributed by atoms with Gasteiger partial charge in [-0.3, -0.25) is 14.4 Å². The molecule has 0 spiro atoms. The smallest absolute Gasteiger partial charge is 0.303 e. The summed E-state index contributed by atoms with van der Waals surface area (Å²) < 4.78 is 20.1. The van der Waals surface area contributed by atoms with Gasteiger partial charge in [-0.05, 0) is 0 Å². The molecule has 0 aromatic rings. The van der Waals surface area contributed by atoms with Gasteiger partial charge in [0.05, 0.1) is 6.61 Å². The van der Waals surface area contributed by atoms with Crippen molar-refractivity contribution in [3.05, 3.63) is 0 Å². The summed E-state index contributed by atoms with van der Waals surface area (Å²) in [6.45, 7) is 3.54. The van der Waals surface area contributed by atoms with Crippen molar-refractivity contribution in [1.82, 2.24) is 0 Å². The highest BCUT2D eigenvalue weighted by Gasteiger charge is 2.45. The summed E-state index contributed by atoms with van der Waals surface area (Å²) in [5, 5.41) is 0. The minimum atomic E-state index is -1.03. The van der Waals surface area contributed by atoms with Crippen LogP contribution in [0, 0.1) is 0 Å². The molecule has 2 N–H and O–H groups in total. The Morgan fingerprint density at radius 2 is 1.42 bits per heavy atom. The number of hydrogen-bond acceptors (Lipinski definition) is 8. The van der Waals surface area contributed by atoms with E-state index < -0.39 is 42.4 Å². The van der Waals surface area contributed by atoms with E-state index in [-0.39, 0.29) is 6.61 Å². The van der Waals surface area contributed by atoms with Crippen molar-refractivity contribution in [3.63, 3.8) is 0 Å². The number of carbonyl (C=O) groups is 3. The third-order valence-electron chi connectivity index (χ3n) is 2.39. The average molecular weight is 275 g/mol. The molecule has 0 aromatic heterocycles. The van der Waals surface area contributed by atoms with Gasteiger partial charge in [-0.2, -0.15) is 0 Å². The zero-order valence-electron chi connectivity index (χ0n) is 11.0. The molecule has 0 saturated carbocycles. The van der Waals surface area contributed by atoms with Gasteiger partial charge in [0.15, 0.2) is 18.3 Å². The van der Waals surface area contributed by atoms with Gasteiger partial charge in [0.25, 0.3) is 0 Å². The number of hydrogen-bond donors (Lipinski definition) is 1. The molecule has 0 aliphatic carbocycles. The highest BCUT2D eigenvalue weighted by atomic mass is 16.6. The second kappa shape index (κ2) is 6.48. The van der Waals surface area contributed by atoms with Crippen molar-refractivity contribution in [2.45, 2.75) is 45.3 Å². The first-order valence-electron chi connectivity index (χ1n) is 5.70. The van der Waals surface area contributed by atoms with E-state index in [1.54, 1.807) is 0 Å². The zero-order chi connectivity index (χ0) is 14.6. The van der Waals surface area contributed by atoms with Gasteiger partial charge >= 0.3 is 17.9 Å². The Bertz CT molecular complexity index is 370.